The van der Waals surface area contributed by atoms with Crippen molar-refractivity contribution in [1.29, 1.82) is 0 Å². The second-order valence-corrected chi connectivity index (χ2v) is 1.96. The molecule has 0 fully saturated rings. The summed E-state index contributed by atoms with van der Waals surface area (Å²) in [6.45, 7) is 3.46. The first-order chi connectivity index (χ1) is 4.74. The fourth-order valence-electron chi connectivity index (χ4n) is 0.655. The first-order valence-corrected chi connectivity index (χ1v) is 2.89. The van der Waals surface area contributed by atoms with Gasteiger partial charge in [0.1, 0.15) is 0 Å². The van der Waals surface area contributed by atoms with Gasteiger partial charge in [0.05, 0.1) is 12.9 Å². The Morgan fingerprint density at radius 3 is 2.42 bits per heavy atom. The number of halogens is 2. The third kappa shape index (κ3) is 3.65. The molecule has 1 aromatic rings. The second-order valence-electron chi connectivity index (χ2n) is 1.96. The fraction of sp³-hybridized carbons (Fsp3) is 0.125. The molecular formula is C8H8BrFMgO. The van der Waals surface area contributed by atoms with Crippen LogP contribution < -0.4 is 21.7 Å². The molecule has 1 nitrogen and oxygen atoms in total. The Kier molecular flexibility index (Phi) is 7.98. The Morgan fingerprint density at radius 2 is 2.00 bits per heavy atom. The molecule has 4 heteroatoms. The van der Waals surface area contributed by atoms with Crippen molar-refractivity contribution in [1.82, 2.24) is 0 Å². The van der Waals surface area contributed by atoms with Crippen LogP contribution in [0.5, 0.6) is 5.75 Å². The zero-order valence-electron chi connectivity index (χ0n) is 6.81. The molecule has 62 valence electrons. The van der Waals surface area contributed by atoms with Crippen molar-refractivity contribution in [2.75, 3.05) is 7.11 Å². The van der Waals surface area contributed by atoms with Crippen LogP contribution in [-0.2, 0) is 0 Å². The van der Waals surface area contributed by atoms with E-state index in [-0.39, 0.29) is 45.9 Å². The number of hydrogen-bond acceptors (Lipinski definition) is 1. The molecule has 0 saturated heterocycles. The van der Waals surface area contributed by atoms with Gasteiger partial charge < -0.3 is 21.7 Å². The van der Waals surface area contributed by atoms with Crippen LogP contribution in [-0.4, -0.2) is 30.2 Å². The van der Waals surface area contributed by atoms with E-state index in [1.54, 1.807) is 12.1 Å². The summed E-state index contributed by atoms with van der Waals surface area (Å²) in [4.78, 5) is 0. The van der Waals surface area contributed by atoms with Crippen LogP contribution in [0.3, 0.4) is 0 Å². The molecule has 0 unspecified atom stereocenters. The van der Waals surface area contributed by atoms with Crippen molar-refractivity contribution < 1.29 is 26.1 Å². The molecule has 1 rings (SSSR count). The first-order valence-electron chi connectivity index (χ1n) is 2.89. The number of ether oxygens (including phenoxy) is 1. The van der Waals surface area contributed by atoms with Gasteiger partial charge in [0.2, 0.25) is 0 Å². The molecule has 0 aliphatic carbocycles. The maximum atomic E-state index is 12.6. The van der Waals surface area contributed by atoms with Gasteiger partial charge in [-0.05, 0) is 6.07 Å². The van der Waals surface area contributed by atoms with Crippen LogP contribution in [0.25, 0.3) is 0 Å². The van der Waals surface area contributed by atoms with Gasteiger partial charge >= 0.3 is 23.1 Å². The summed E-state index contributed by atoms with van der Waals surface area (Å²) in [5.41, 5.74) is 0.390. The Labute approximate surface area is 98.2 Å². The third-order valence-corrected chi connectivity index (χ3v) is 1.26. The van der Waals surface area contributed by atoms with Gasteiger partial charge in [-0.3, -0.25) is 4.39 Å². The Bertz CT molecular complexity index is 242. The summed E-state index contributed by atoms with van der Waals surface area (Å²) in [7, 11) is 1.50. The minimum atomic E-state index is -0.334. The number of hydrogen-bond donors (Lipinski definition) is 0. The Morgan fingerprint density at radius 1 is 1.42 bits per heavy atom. The maximum absolute atomic E-state index is 12.6. The van der Waals surface area contributed by atoms with E-state index >= 15 is 0 Å². The smallest absolute Gasteiger partial charge is 1.00 e. The van der Waals surface area contributed by atoms with Crippen molar-refractivity contribution in [2.45, 2.75) is 0 Å². The molecule has 0 radical (unpaired) electrons. The van der Waals surface area contributed by atoms with E-state index in [1.165, 1.54) is 13.2 Å². The van der Waals surface area contributed by atoms with Crippen LogP contribution in [0, 0.1) is 12.7 Å². The van der Waals surface area contributed by atoms with Crippen LogP contribution >= 0.6 is 0 Å². The van der Waals surface area contributed by atoms with Crippen molar-refractivity contribution in [2.24, 2.45) is 0 Å². The average molecular weight is 243 g/mol. The van der Waals surface area contributed by atoms with E-state index in [1.807, 2.05) is 0 Å². The van der Waals surface area contributed by atoms with Crippen LogP contribution in [0.15, 0.2) is 18.2 Å². The molecule has 0 saturated carbocycles. The number of benzene rings is 1. The zero-order chi connectivity index (χ0) is 7.56. The van der Waals surface area contributed by atoms with Gasteiger partial charge in [0.25, 0.3) is 0 Å². The molecule has 0 atom stereocenters. The van der Waals surface area contributed by atoms with E-state index in [0.29, 0.717) is 11.3 Å². The van der Waals surface area contributed by atoms with Crippen molar-refractivity contribution >= 4 is 23.1 Å². The molecule has 12 heavy (non-hydrogen) atoms. The predicted molar refractivity (Wildman–Crippen MR) is 43.2 cm³/mol. The van der Waals surface area contributed by atoms with E-state index in [4.69, 9.17) is 4.74 Å². The normalized spacial score (nSPS) is 7.83. The summed E-state index contributed by atoms with van der Waals surface area (Å²) >= 11 is 0. The minimum absolute atomic E-state index is 0. The summed E-state index contributed by atoms with van der Waals surface area (Å²) in [5, 5.41) is 0. The topological polar surface area (TPSA) is 9.23 Å². The quantitative estimate of drug-likeness (QED) is 0.437. The molecule has 0 aliphatic rings. The summed E-state index contributed by atoms with van der Waals surface area (Å²) in [5.74, 6) is 0.184. The zero-order valence-corrected chi connectivity index (χ0v) is 9.81. The van der Waals surface area contributed by atoms with E-state index in [2.05, 4.69) is 6.92 Å². The fourth-order valence-corrected chi connectivity index (χ4v) is 0.655. The molecule has 1 aromatic carbocycles. The van der Waals surface area contributed by atoms with Gasteiger partial charge in [0, 0.05) is 5.82 Å². The van der Waals surface area contributed by atoms with E-state index in [9.17, 15) is 4.39 Å². The second kappa shape index (κ2) is 6.57. The molecule has 0 heterocycles. The monoisotopic (exact) mass is 242 g/mol. The predicted octanol–water partition coefficient (Wildman–Crippen LogP) is -1.36. The summed E-state index contributed by atoms with van der Waals surface area (Å²) in [6.07, 6.45) is 0. The van der Waals surface area contributed by atoms with E-state index in [0.717, 1.165) is 0 Å². The van der Waals surface area contributed by atoms with Gasteiger partial charge in [-0.15, -0.1) is 0 Å². The standard InChI is InChI=1S/C8H8FO.BrH.Mg/c1-6-3-4-7(10-2)5-8(6)9;;/h3-5H,1H2,2H3;1H;/q-1;;+2/p-1. The minimum Gasteiger partial charge on any atom is -1.00 e. The van der Waals surface area contributed by atoms with E-state index < -0.39 is 0 Å². The van der Waals surface area contributed by atoms with Crippen molar-refractivity contribution in [3.63, 3.8) is 0 Å². The third-order valence-electron chi connectivity index (χ3n) is 1.26. The molecular weight excluding hydrogens is 235 g/mol. The van der Waals surface area contributed by atoms with Crippen molar-refractivity contribution in [3.05, 3.63) is 36.5 Å². The number of rotatable bonds is 1. The SMILES string of the molecule is [Br-].[CH2-]c1ccc(OC)cc1F.[Mg+2]. The molecule has 0 N–H and O–H groups in total. The van der Waals surface area contributed by atoms with Crippen LogP contribution in [0.2, 0.25) is 0 Å². The molecule has 0 aromatic heterocycles. The van der Waals surface area contributed by atoms with Gasteiger partial charge in [-0.1, -0.05) is 6.07 Å². The van der Waals surface area contributed by atoms with Crippen LogP contribution in [0.1, 0.15) is 5.56 Å². The van der Waals surface area contributed by atoms with Crippen molar-refractivity contribution in [3.8, 4) is 5.75 Å². The average Bonchev–Trinajstić information content (AvgIpc) is 1.95. The van der Waals surface area contributed by atoms with Gasteiger partial charge in [-0.2, -0.15) is 18.6 Å². The largest absolute Gasteiger partial charge is 2.00 e. The summed E-state index contributed by atoms with van der Waals surface area (Å²) < 4.78 is 17.4. The molecule has 0 amide bonds. The van der Waals surface area contributed by atoms with Gasteiger partial charge in [-0.25, -0.2) is 0 Å². The molecule has 0 bridgehead atoms. The number of methoxy groups -OCH3 is 1. The maximum Gasteiger partial charge on any atom is 2.00 e. The molecule has 0 aliphatic heterocycles. The summed E-state index contributed by atoms with van der Waals surface area (Å²) in [6, 6.07) is 4.56. The Hall–Kier alpha value is 0.0662. The van der Waals surface area contributed by atoms with Crippen LogP contribution in [0.4, 0.5) is 4.39 Å². The first kappa shape index (κ1) is 14.6. The Balaban J connectivity index is 0. The molecule has 0 spiro atoms. The van der Waals surface area contributed by atoms with Gasteiger partial charge in [0.15, 0.2) is 0 Å².